The third-order valence-electron chi connectivity index (χ3n) is 6.67. The summed E-state index contributed by atoms with van der Waals surface area (Å²) < 4.78 is 17.0. The van der Waals surface area contributed by atoms with Crippen molar-refractivity contribution in [3.63, 3.8) is 0 Å². The third-order valence-corrected chi connectivity index (χ3v) is 6.67. The molecule has 3 aromatic carbocycles. The molecule has 0 saturated carbocycles. The molecule has 2 aliphatic heterocycles. The van der Waals surface area contributed by atoms with Crippen molar-refractivity contribution < 1.29 is 28.9 Å². The summed E-state index contributed by atoms with van der Waals surface area (Å²) in [7, 11) is 1.54. The molecule has 5 rings (SSSR count). The van der Waals surface area contributed by atoms with Crippen LogP contribution in [-0.4, -0.2) is 48.1 Å². The van der Waals surface area contributed by atoms with Gasteiger partial charge in [-0.2, -0.15) is 0 Å². The van der Waals surface area contributed by atoms with E-state index in [0.29, 0.717) is 29.9 Å². The fourth-order valence-corrected chi connectivity index (χ4v) is 4.89. The first-order valence-corrected chi connectivity index (χ1v) is 12.3. The van der Waals surface area contributed by atoms with Crippen LogP contribution in [-0.2, 0) is 27.4 Å². The second-order valence-electron chi connectivity index (χ2n) is 9.29. The van der Waals surface area contributed by atoms with Crippen molar-refractivity contribution in [2.75, 3.05) is 20.3 Å². The van der Waals surface area contributed by atoms with Crippen LogP contribution in [0.1, 0.15) is 35.2 Å². The Kier molecular flexibility index (Phi) is 6.97. The monoisotopic (exact) mass is 499 g/mol. The average molecular weight is 500 g/mol. The summed E-state index contributed by atoms with van der Waals surface area (Å²) in [4.78, 5) is 27.8. The minimum atomic E-state index is -0.779. The van der Waals surface area contributed by atoms with Crippen LogP contribution in [0, 0.1) is 0 Å². The lowest BCUT2D eigenvalue weighted by atomic mass is 9.94. The number of ketones is 1. The summed E-state index contributed by atoms with van der Waals surface area (Å²) in [5, 5.41) is 11.4. The SMILES string of the molecule is COCCN1C(=O)C(=O)/C(=C(/O)c2ccc3c(c2)C[C@@H](C)O3)[C@@H]1c1cccc(OCc2ccccc2)c1. The quantitative estimate of drug-likeness (QED) is 0.276. The molecule has 1 N–H and O–H groups in total. The maximum atomic E-state index is 13.3. The number of methoxy groups -OCH3 is 1. The lowest BCUT2D eigenvalue weighted by Gasteiger charge is -2.25. The number of rotatable bonds is 8. The zero-order valence-corrected chi connectivity index (χ0v) is 20.8. The highest BCUT2D eigenvalue weighted by Gasteiger charge is 2.46. The van der Waals surface area contributed by atoms with E-state index >= 15 is 0 Å². The summed E-state index contributed by atoms with van der Waals surface area (Å²) in [5.74, 6) is -0.232. The fourth-order valence-electron chi connectivity index (χ4n) is 4.89. The van der Waals surface area contributed by atoms with Crippen LogP contribution in [0.3, 0.4) is 0 Å². The largest absolute Gasteiger partial charge is 0.507 e. The first kappa shape index (κ1) is 24.6. The number of fused-ring (bicyclic) bond motifs is 1. The van der Waals surface area contributed by atoms with Crippen molar-refractivity contribution in [3.8, 4) is 11.5 Å². The summed E-state index contributed by atoms with van der Waals surface area (Å²) >= 11 is 0. The highest BCUT2D eigenvalue weighted by atomic mass is 16.5. The third kappa shape index (κ3) is 4.95. The fraction of sp³-hybridized carbons (Fsp3) is 0.267. The maximum Gasteiger partial charge on any atom is 0.295 e. The number of amides is 1. The first-order valence-electron chi connectivity index (χ1n) is 12.3. The van der Waals surface area contributed by atoms with Gasteiger partial charge in [0.1, 0.15) is 30.0 Å². The Hall–Kier alpha value is -4.10. The van der Waals surface area contributed by atoms with Crippen molar-refractivity contribution in [1.29, 1.82) is 0 Å². The Labute approximate surface area is 215 Å². The first-order chi connectivity index (χ1) is 18.0. The number of Topliss-reactive ketones (excluding diaryl/α,β-unsaturated/α-hetero) is 1. The summed E-state index contributed by atoms with van der Waals surface area (Å²) in [6.45, 7) is 2.81. The number of carbonyl (C=O) groups excluding carboxylic acids is 2. The van der Waals surface area contributed by atoms with Crippen molar-refractivity contribution in [1.82, 2.24) is 4.90 Å². The van der Waals surface area contributed by atoms with E-state index < -0.39 is 17.7 Å². The molecule has 0 aliphatic carbocycles. The molecule has 37 heavy (non-hydrogen) atoms. The number of hydrogen-bond acceptors (Lipinski definition) is 6. The van der Waals surface area contributed by atoms with Gasteiger partial charge in [-0.25, -0.2) is 0 Å². The van der Waals surface area contributed by atoms with Gasteiger partial charge in [-0.1, -0.05) is 42.5 Å². The molecule has 7 heteroatoms. The van der Waals surface area contributed by atoms with E-state index in [1.807, 2.05) is 67.6 Å². The van der Waals surface area contributed by atoms with Gasteiger partial charge in [0.25, 0.3) is 11.7 Å². The Bertz CT molecular complexity index is 1350. The minimum Gasteiger partial charge on any atom is -0.507 e. The zero-order chi connectivity index (χ0) is 25.9. The highest BCUT2D eigenvalue weighted by Crippen LogP contribution is 2.41. The van der Waals surface area contributed by atoms with Crippen LogP contribution in [0.25, 0.3) is 5.76 Å². The van der Waals surface area contributed by atoms with E-state index in [9.17, 15) is 14.7 Å². The standard InChI is InChI=1S/C30H29NO6/c1-19-15-23-16-22(11-12-25(23)37-19)28(32)26-27(31(13-14-35-2)30(34)29(26)33)21-9-6-10-24(17-21)36-18-20-7-4-3-5-8-20/h3-12,16-17,19,27,32H,13-15,18H2,1-2H3/b28-26+/t19-,27+/m1/s1. The Morgan fingerprint density at radius 3 is 2.65 bits per heavy atom. The van der Waals surface area contributed by atoms with Crippen LogP contribution in [0.4, 0.5) is 0 Å². The zero-order valence-electron chi connectivity index (χ0n) is 20.8. The van der Waals surface area contributed by atoms with Crippen molar-refractivity contribution >= 4 is 17.4 Å². The number of hydrogen-bond donors (Lipinski definition) is 1. The number of aliphatic hydroxyl groups is 1. The van der Waals surface area contributed by atoms with Crippen LogP contribution < -0.4 is 9.47 Å². The van der Waals surface area contributed by atoms with E-state index in [-0.39, 0.29) is 30.6 Å². The molecule has 190 valence electrons. The number of carbonyl (C=O) groups is 2. The minimum absolute atomic E-state index is 0.0469. The lowest BCUT2D eigenvalue weighted by molar-refractivity contribution is -0.140. The maximum absolute atomic E-state index is 13.3. The number of benzene rings is 3. The molecule has 0 bridgehead atoms. The van der Waals surface area contributed by atoms with Crippen molar-refractivity contribution in [2.24, 2.45) is 0 Å². The number of nitrogens with zero attached hydrogens (tertiary/aromatic N) is 1. The predicted octanol–water partition coefficient (Wildman–Crippen LogP) is 4.66. The van der Waals surface area contributed by atoms with E-state index in [4.69, 9.17) is 14.2 Å². The molecule has 2 atom stereocenters. The van der Waals surface area contributed by atoms with E-state index in [1.165, 1.54) is 12.0 Å². The van der Waals surface area contributed by atoms with Crippen molar-refractivity contribution in [2.45, 2.75) is 32.1 Å². The predicted molar refractivity (Wildman–Crippen MR) is 138 cm³/mol. The Morgan fingerprint density at radius 2 is 1.86 bits per heavy atom. The van der Waals surface area contributed by atoms with Gasteiger partial charge in [-0.15, -0.1) is 0 Å². The van der Waals surface area contributed by atoms with Crippen LogP contribution in [0.5, 0.6) is 11.5 Å². The molecule has 1 fully saturated rings. The van der Waals surface area contributed by atoms with Crippen molar-refractivity contribution in [3.05, 3.63) is 101 Å². The van der Waals surface area contributed by atoms with E-state index in [2.05, 4.69) is 0 Å². The highest BCUT2D eigenvalue weighted by molar-refractivity contribution is 6.46. The normalized spacial score (nSPS) is 20.1. The average Bonchev–Trinajstić information content (AvgIpc) is 3.41. The van der Waals surface area contributed by atoms with E-state index in [1.54, 1.807) is 12.1 Å². The molecule has 2 heterocycles. The van der Waals surface area contributed by atoms with Gasteiger partial charge >= 0.3 is 0 Å². The van der Waals surface area contributed by atoms with Crippen LogP contribution in [0.15, 0.2) is 78.4 Å². The van der Waals surface area contributed by atoms with Gasteiger partial charge in [0, 0.05) is 25.6 Å². The molecular formula is C30H29NO6. The molecule has 2 aliphatic rings. The molecule has 1 saturated heterocycles. The number of ether oxygens (including phenoxy) is 3. The molecule has 0 aromatic heterocycles. The molecule has 7 nitrogen and oxygen atoms in total. The second-order valence-corrected chi connectivity index (χ2v) is 9.29. The van der Waals surface area contributed by atoms with Crippen LogP contribution >= 0.6 is 0 Å². The smallest absolute Gasteiger partial charge is 0.295 e. The van der Waals surface area contributed by atoms with Gasteiger partial charge < -0.3 is 24.2 Å². The van der Waals surface area contributed by atoms with Crippen LogP contribution in [0.2, 0.25) is 0 Å². The second kappa shape index (κ2) is 10.5. The van der Waals surface area contributed by atoms with Gasteiger partial charge in [0.05, 0.1) is 18.2 Å². The van der Waals surface area contributed by atoms with E-state index in [0.717, 1.165) is 16.9 Å². The molecule has 0 radical (unpaired) electrons. The van der Waals surface area contributed by atoms with Gasteiger partial charge in [0.2, 0.25) is 0 Å². The topological polar surface area (TPSA) is 85.3 Å². The van der Waals surface area contributed by atoms with Gasteiger partial charge in [-0.05, 0) is 53.9 Å². The molecule has 0 spiro atoms. The Morgan fingerprint density at radius 1 is 1.05 bits per heavy atom. The molecule has 0 unspecified atom stereocenters. The molecular weight excluding hydrogens is 470 g/mol. The molecule has 1 amide bonds. The Balaban J connectivity index is 1.53. The molecule has 3 aromatic rings. The summed E-state index contributed by atoms with van der Waals surface area (Å²) in [6, 6.07) is 21.6. The van der Waals surface area contributed by atoms with Gasteiger partial charge in [-0.3, -0.25) is 9.59 Å². The number of aliphatic hydroxyl groups excluding tert-OH is 1. The summed E-state index contributed by atoms with van der Waals surface area (Å²) in [5.41, 5.74) is 3.17. The number of likely N-dealkylation sites (tertiary alicyclic amines) is 1. The summed E-state index contributed by atoms with van der Waals surface area (Å²) in [6.07, 6.45) is 0.758. The van der Waals surface area contributed by atoms with Gasteiger partial charge in [0.15, 0.2) is 0 Å². The lowest BCUT2D eigenvalue weighted by Crippen LogP contribution is -2.32.